The molecule has 0 saturated carbocycles. The average Bonchev–Trinajstić information content (AvgIpc) is 3.24. The van der Waals surface area contributed by atoms with Crippen LogP contribution in [-0.2, 0) is 15.7 Å². The van der Waals surface area contributed by atoms with Crippen LogP contribution in [-0.4, -0.2) is 50.7 Å². The van der Waals surface area contributed by atoms with Crippen LogP contribution in [0.4, 0.5) is 13.2 Å². The second-order valence-electron chi connectivity index (χ2n) is 5.74. The molecule has 11 heteroatoms. The Balaban J connectivity index is 1.82. The number of carboxylic acids is 1. The van der Waals surface area contributed by atoms with Gasteiger partial charge < -0.3 is 15.2 Å². The van der Waals surface area contributed by atoms with Gasteiger partial charge in [-0.05, 0) is 18.2 Å². The molecular weight excluding hydrogens is 357 g/mol. The summed E-state index contributed by atoms with van der Waals surface area (Å²) in [6.45, 7) is -0.000651. The second kappa shape index (κ2) is 6.41. The van der Waals surface area contributed by atoms with Crippen LogP contribution < -0.4 is 5.32 Å². The Labute approximate surface area is 144 Å². The topological polar surface area (TPSA) is 106 Å². The summed E-state index contributed by atoms with van der Waals surface area (Å²) in [6.07, 6.45) is -3.31. The molecule has 2 heterocycles. The molecule has 0 bridgehead atoms. The number of alkyl halides is 3. The van der Waals surface area contributed by atoms with Crippen molar-refractivity contribution in [3.8, 4) is 5.69 Å². The molecular formula is C15H13F3N4O4. The third-order valence-corrected chi connectivity index (χ3v) is 3.95. The molecule has 0 radical (unpaired) electrons. The summed E-state index contributed by atoms with van der Waals surface area (Å²) in [5, 5.41) is 18.9. The third kappa shape index (κ3) is 3.38. The van der Waals surface area contributed by atoms with Gasteiger partial charge in [-0.25, -0.2) is 9.48 Å². The van der Waals surface area contributed by atoms with E-state index in [-0.39, 0.29) is 31.0 Å². The largest absolute Gasteiger partial charge is 0.479 e. The van der Waals surface area contributed by atoms with E-state index in [4.69, 9.17) is 4.74 Å². The Morgan fingerprint density at radius 1 is 1.35 bits per heavy atom. The zero-order valence-electron chi connectivity index (χ0n) is 13.2. The van der Waals surface area contributed by atoms with E-state index in [1.54, 1.807) is 0 Å². The van der Waals surface area contributed by atoms with Gasteiger partial charge in [-0.3, -0.25) is 4.79 Å². The molecule has 2 aromatic rings. The van der Waals surface area contributed by atoms with Crippen molar-refractivity contribution in [2.24, 2.45) is 0 Å². The Kier molecular flexibility index (Phi) is 4.40. The molecule has 1 aliphatic heterocycles. The number of hydrogen-bond acceptors (Lipinski definition) is 5. The molecule has 1 fully saturated rings. The van der Waals surface area contributed by atoms with Gasteiger partial charge in [0.25, 0.3) is 5.91 Å². The number of amides is 1. The lowest BCUT2D eigenvalue weighted by Gasteiger charge is -2.22. The lowest BCUT2D eigenvalue weighted by Crippen LogP contribution is -2.55. The average molecular weight is 370 g/mol. The minimum atomic E-state index is -4.52. The van der Waals surface area contributed by atoms with Crippen LogP contribution >= 0.6 is 0 Å². The molecule has 8 nitrogen and oxygen atoms in total. The number of carbonyl (C=O) groups is 2. The van der Waals surface area contributed by atoms with Crippen molar-refractivity contribution < 1.29 is 32.6 Å². The summed E-state index contributed by atoms with van der Waals surface area (Å²) < 4.78 is 44.4. The fraction of sp³-hybridized carbons (Fsp3) is 0.333. The maximum atomic E-state index is 12.8. The highest BCUT2D eigenvalue weighted by molar-refractivity contribution is 5.96. The zero-order chi connectivity index (χ0) is 18.9. The lowest BCUT2D eigenvalue weighted by molar-refractivity contribution is -0.144. The zero-order valence-corrected chi connectivity index (χ0v) is 13.2. The van der Waals surface area contributed by atoms with Crippen LogP contribution in [0.3, 0.4) is 0 Å². The van der Waals surface area contributed by atoms with Crippen molar-refractivity contribution in [3.63, 3.8) is 0 Å². The van der Waals surface area contributed by atoms with Crippen LogP contribution in [0.1, 0.15) is 22.5 Å². The number of aromatic nitrogens is 3. The van der Waals surface area contributed by atoms with Crippen LogP contribution in [0.5, 0.6) is 0 Å². The SMILES string of the molecule is O=C(NC1(C(=O)O)CCOC1)c1cn(-c2cccc(C(F)(F)F)c2)nn1. The number of carbonyl (C=O) groups excluding carboxylic acids is 1. The number of nitrogens with zero attached hydrogens (tertiary/aromatic N) is 3. The molecule has 0 aliphatic carbocycles. The van der Waals surface area contributed by atoms with Crippen molar-refractivity contribution >= 4 is 11.9 Å². The van der Waals surface area contributed by atoms with Gasteiger partial charge >= 0.3 is 12.1 Å². The van der Waals surface area contributed by atoms with Gasteiger partial charge in [0.1, 0.15) is 0 Å². The number of rotatable bonds is 4. The highest BCUT2D eigenvalue weighted by atomic mass is 19.4. The predicted molar refractivity (Wildman–Crippen MR) is 79.6 cm³/mol. The fourth-order valence-corrected chi connectivity index (χ4v) is 2.49. The van der Waals surface area contributed by atoms with E-state index < -0.39 is 29.2 Å². The van der Waals surface area contributed by atoms with Gasteiger partial charge in [0.15, 0.2) is 11.2 Å². The first kappa shape index (κ1) is 17.9. The summed E-state index contributed by atoms with van der Waals surface area (Å²) in [7, 11) is 0. The predicted octanol–water partition coefficient (Wildman–Crippen LogP) is 1.26. The Morgan fingerprint density at radius 2 is 2.12 bits per heavy atom. The summed E-state index contributed by atoms with van der Waals surface area (Å²) in [6, 6.07) is 4.34. The summed E-state index contributed by atoms with van der Waals surface area (Å²) in [4.78, 5) is 23.7. The van der Waals surface area contributed by atoms with E-state index in [0.29, 0.717) is 0 Å². The Bertz CT molecular complexity index is 843. The van der Waals surface area contributed by atoms with Crippen molar-refractivity contribution in [3.05, 3.63) is 41.7 Å². The van der Waals surface area contributed by atoms with Gasteiger partial charge in [0.2, 0.25) is 0 Å². The highest BCUT2D eigenvalue weighted by Crippen LogP contribution is 2.30. The molecule has 1 saturated heterocycles. The molecule has 138 valence electrons. The molecule has 1 unspecified atom stereocenters. The molecule has 26 heavy (non-hydrogen) atoms. The van der Waals surface area contributed by atoms with Crippen LogP contribution in [0.25, 0.3) is 5.69 Å². The molecule has 1 amide bonds. The smallest absolute Gasteiger partial charge is 0.416 e. The van der Waals surface area contributed by atoms with Gasteiger partial charge in [0, 0.05) is 13.0 Å². The van der Waals surface area contributed by atoms with Crippen LogP contribution in [0, 0.1) is 0 Å². The first-order valence-corrected chi connectivity index (χ1v) is 7.45. The van der Waals surface area contributed by atoms with Crippen LogP contribution in [0.2, 0.25) is 0 Å². The van der Waals surface area contributed by atoms with E-state index in [2.05, 4.69) is 15.6 Å². The number of benzene rings is 1. The number of ether oxygens (including phenoxy) is 1. The molecule has 2 N–H and O–H groups in total. The number of carboxylic acid groups (broad SMARTS) is 1. The van der Waals surface area contributed by atoms with E-state index >= 15 is 0 Å². The molecule has 1 aromatic carbocycles. The standard InChI is InChI=1S/C15H13F3N4O4/c16-15(17,18)9-2-1-3-10(6-9)22-7-11(20-21-22)12(23)19-14(13(24)25)4-5-26-8-14/h1-3,6-7H,4-5,8H2,(H,19,23)(H,24,25). The monoisotopic (exact) mass is 370 g/mol. The first-order valence-electron chi connectivity index (χ1n) is 7.45. The highest BCUT2D eigenvalue weighted by Gasteiger charge is 2.44. The molecule has 3 rings (SSSR count). The number of halogens is 3. The van der Waals surface area contributed by atoms with E-state index in [0.717, 1.165) is 23.0 Å². The number of nitrogens with one attached hydrogen (secondary N) is 1. The second-order valence-corrected chi connectivity index (χ2v) is 5.74. The van der Waals surface area contributed by atoms with Crippen molar-refractivity contribution in [1.82, 2.24) is 20.3 Å². The minimum absolute atomic E-state index is 0.0588. The van der Waals surface area contributed by atoms with E-state index in [1.807, 2.05) is 0 Å². The minimum Gasteiger partial charge on any atom is -0.479 e. The molecule has 1 aromatic heterocycles. The van der Waals surface area contributed by atoms with Crippen molar-refractivity contribution in [1.29, 1.82) is 0 Å². The van der Waals surface area contributed by atoms with E-state index in [9.17, 15) is 27.9 Å². The van der Waals surface area contributed by atoms with Crippen LogP contribution in [0.15, 0.2) is 30.5 Å². The number of aliphatic carboxylic acids is 1. The Hall–Kier alpha value is -2.95. The summed E-state index contributed by atoms with van der Waals surface area (Å²) >= 11 is 0. The maximum absolute atomic E-state index is 12.8. The Morgan fingerprint density at radius 3 is 2.73 bits per heavy atom. The summed E-state index contributed by atoms with van der Waals surface area (Å²) in [5.74, 6) is -2.05. The molecule has 1 aliphatic rings. The number of hydrogen-bond donors (Lipinski definition) is 2. The van der Waals surface area contributed by atoms with Crippen molar-refractivity contribution in [2.75, 3.05) is 13.2 Å². The summed E-state index contributed by atoms with van der Waals surface area (Å²) in [5.41, 5.74) is -2.60. The lowest BCUT2D eigenvalue weighted by atomic mass is 9.99. The van der Waals surface area contributed by atoms with Crippen molar-refractivity contribution in [2.45, 2.75) is 18.1 Å². The third-order valence-electron chi connectivity index (χ3n) is 3.95. The molecule has 0 spiro atoms. The molecule has 1 atom stereocenters. The first-order chi connectivity index (χ1) is 12.2. The van der Waals surface area contributed by atoms with Gasteiger partial charge in [-0.2, -0.15) is 13.2 Å². The van der Waals surface area contributed by atoms with Gasteiger partial charge in [-0.15, -0.1) is 5.10 Å². The fourth-order valence-electron chi connectivity index (χ4n) is 2.49. The quantitative estimate of drug-likeness (QED) is 0.839. The normalized spacial score (nSPS) is 20.1. The maximum Gasteiger partial charge on any atom is 0.416 e. The van der Waals surface area contributed by atoms with Gasteiger partial charge in [0.05, 0.1) is 24.1 Å². The van der Waals surface area contributed by atoms with Gasteiger partial charge in [-0.1, -0.05) is 11.3 Å². The van der Waals surface area contributed by atoms with E-state index in [1.165, 1.54) is 12.1 Å².